The molecule has 1 aromatic heterocycles. The lowest BCUT2D eigenvalue weighted by molar-refractivity contribution is -0.118. The first-order valence-corrected chi connectivity index (χ1v) is 16.7. The maximum atomic E-state index is 13.8. The van der Waals surface area contributed by atoms with Crippen molar-refractivity contribution in [3.8, 4) is 11.5 Å². The minimum Gasteiger partial charge on any atom is -0.490 e. The molecule has 0 saturated heterocycles. The molecule has 2 heterocycles. The van der Waals surface area contributed by atoms with Crippen molar-refractivity contribution >= 4 is 35.1 Å². The number of aromatic nitrogens is 3. The minimum absolute atomic E-state index is 0.119. The Balaban J connectivity index is 1.35. The number of fused-ring (bicyclic) bond motifs is 1. The lowest BCUT2D eigenvalue weighted by atomic mass is 9.73. The summed E-state index contributed by atoms with van der Waals surface area (Å²) in [5.41, 5.74) is 8.24. The Labute approximate surface area is 274 Å². The summed E-state index contributed by atoms with van der Waals surface area (Å²) in [5.74, 6) is 2.67. The summed E-state index contributed by atoms with van der Waals surface area (Å²) >= 11 is 7.93. The Morgan fingerprint density at radius 1 is 0.978 bits per heavy atom. The first-order valence-electron chi connectivity index (χ1n) is 15.3. The Kier molecular flexibility index (Phi) is 8.72. The predicted octanol–water partition coefficient (Wildman–Crippen LogP) is 8.78. The van der Waals surface area contributed by atoms with Crippen molar-refractivity contribution in [1.29, 1.82) is 0 Å². The highest BCUT2D eigenvalue weighted by molar-refractivity contribution is 7.98. The van der Waals surface area contributed by atoms with E-state index in [1.54, 1.807) is 0 Å². The third kappa shape index (κ3) is 6.49. The van der Waals surface area contributed by atoms with E-state index in [4.69, 9.17) is 31.2 Å². The molecule has 1 aliphatic heterocycles. The normalized spacial score (nSPS) is 17.0. The number of allylic oxidation sites excluding steroid dienone is 2. The summed E-state index contributed by atoms with van der Waals surface area (Å²) < 4.78 is 14.3. The van der Waals surface area contributed by atoms with Gasteiger partial charge in [-0.3, -0.25) is 4.79 Å². The molecular weight excluding hydrogens is 604 g/mol. The van der Waals surface area contributed by atoms with Gasteiger partial charge >= 0.3 is 0 Å². The lowest BCUT2D eigenvalue weighted by Gasteiger charge is -2.38. The van der Waals surface area contributed by atoms with E-state index in [0.29, 0.717) is 53.0 Å². The molecule has 7 nitrogen and oxygen atoms in total. The highest BCUT2D eigenvalue weighted by Crippen LogP contribution is 2.47. The van der Waals surface area contributed by atoms with Crippen molar-refractivity contribution in [3.05, 3.63) is 104 Å². The third-order valence-electron chi connectivity index (χ3n) is 8.55. The number of carbonyl (C=O) groups excluding carboxylic acids is 1. The van der Waals surface area contributed by atoms with Gasteiger partial charge in [0.25, 0.3) is 0 Å². The number of aryl methyl sites for hydroxylation is 3. The molecule has 2 aliphatic rings. The van der Waals surface area contributed by atoms with Crippen LogP contribution in [0.3, 0.4) is 0 Å². The van der Waals surface area contributed by atoms with Crippen molar-refractivity contribution < 1.29 is 14.3 Å². The van der Waals surface area contributed by atoms with E-state index in [9.17, 15) is 4.79 Å². The number of ether oxygens (including phenoxy) is 2. The number of thioether (sulfide) groups is 1. The molecule has 0 bridgehead atoms. The van der Waals surface area contributed by atoms with Gasteiger partial charge in [-0.2, -0.15) is 4.98 Å². The van der Waals surface area contributed by atoms with Gasteiger partial charge in [0.2, 0.25) is 11.1 Å². The predicted molar refractivity (Wildman–Crippen MR) is 180 cm³/mol. The zero-order valence-electron chi connectivity index (χ0n) is 26.7. The monoisotopic (exact) mass is 642 g/mol. The van der Waals surface area contributed by atoms with Gasteiger partial charge in [0.1, 0.15) is 12.6 Å². The van der Waals surface area contributed by atoms with Crippen LogP contribution in [0, 0.1) is 26.2 Å². The Morgan fingerprint density at radius 2 is 1.76 bits per heavy atom. The number of anilines is 1. The fraction of sp³-hybridized carbons (Fsp3) is 0.361. The number of benzene rings is 3. The molecule has 6 rings (SSSR count). The maximum absolute atomic E-state index is 13.8. The van der Waals surface area contributed by atoms with Gasteiger partial charge in [-0.1, -0.05) is 73.6 Å². The molecule has 4 aromatic rings. The molecule has 9 heteroatoms. The number of nitrogens with zero attached hydrogens (tertiary/aromatic N) is 3. The van der Waals surface area contributed by atoms with E-state index < -0.39 is 6.04 Å². The highest BCUT2D eigenvalue weighted by atomic mass is 35.5. The standard InChI is InChI=1S/C36H39ClN4O3S/c1-7-43-31-16-24(12-13-30(31)44-19-26-15-22(3)21(2)14-23(26)4)33-32-28(17-36(5,6)18-29(32)42)38-34-39-35(40-41(33)34)45-20-25-10-8-9-11-27(25)37/h8-16,33H,7,17-20H2,1-6H3,(H,38,39,40). The van der Waals surface area contributed by atoms with Crippen LogP contribution in [-0.2, 0) is 17.2 Å². The van der Waals surface area contributed by atoms with Crippen LogP contribution < -0.4 is 14.8 Å². The van der Waals surface area contributed by atoms with Gasteiger partial charge in [-0.25, -0.2) is 4.68 Å². The highest BCUT2D eigenvalue weighted by Gasteiger charge is 2.42. The first kappa shape index (κ1) is 31.2. The average molecular weight is 643 g/mol. The van der Waals surface area contributed by atoms with Crippen LogP contribution in [-0.4, -0.2) is 27.2 Å². The van der Waals surface area contributed by atoms with E-state index in [-0.39, 0.29) is 11.2 Å². The molecule has 1 aliphatic carbocycles. The topological polar surface area (TPSA) is 78.3 Å². The quantitative estimate of drug-likeness (QED) is 0.183. The molecule has 0 amide bonds. The fourth-order valence-electron chi connectivity index (χ4n) is 6.13. The van der Waals surface area contributed by atoms with Gasteiger partial charge in [0.15, 0.2) is 17.3 Å². The lowest BCUT2D eigenvalue weighted by Crippen LogP contribution is -2.36. The fourth-order valence-corrected chi connectivity index (χ4v) is 7.24. The SMILES string of the molecule is CCOc1cc(C2C3=C(CC(C)(C)CC3=O)Nc3nc(SCc4ccccc4Cl)nn32)ccc1OCc1cc(C)c(C)cc1C. The molecule has 0 fully saturated rings. The van der Waals surface area contributed by atoms with Crippen LogP contribution in [0.4, 0.5) is 5.95 Å². The van der Waals surface area contributed by atoms with Gasteiger partial charge in [-0.15, -0.1) is 5.10 Å². The summed E-state index contributed by atoms with van der Waals surface area (Å²) in [7, 11) is 0. The second kappa shape index (κ2) is 12.6. The molecule has 1 N–H and O–H groups in total. The molecule has 3 aromatic carbocycles. The number of rotatable bonds is 9. The molecular formula is C36H39ClN4O3S. The van der Waals surface area contributed by atoms with Gasteiger partial charge in [-0.05, 0) is 91.1 Å². The van der Waals surface area contributed by atoms with Crippen LogP contribution in [0.5, 0.6) is 11.5 Å². The van der Waals surface area contributed by atoms with Crippen LogP contribution >= 0.6 is 23.4 Å². The zero-order chi connectivity index (χ0) is 31.9. The number of hydrogen-bond donors (Lipinski definition) is 1. The van der Waals surface area contributed by atoms with Crippen molar-refractivity contribution in [2.75, 3.05) is 11.9 Å². The van der Waals surface area contributed by atoms with Gasteiger partial charge in [0, 0.05) is 28.5 Å². The Bertz CT molecular complexity index is 1810. The summed E-state index contributed by atoms with van der Waals surface area (Å²) in [6, 6.07) is 17.7. The molecule has 1 unspecified atom stereocenters. The smallest absolute Gasteiger partial charge is 0.227 e. The van der Waals surface area contributed by atoms with Gasteiger partial charge < -0.3 is 14.8 Å². The average Bonchev–Trinajstić information content (AvgIpc) is 3.39. The van der Waals surface area contributed by atoms with Crippen molar-refractivity contribution in [2.45, 2.75) is 77.9 Å². The number of hydrogen-bond acceptors (Lipinski definition) is 7. The number of Topliss-reactive ketones (excluding diaryl/α,β-unsaturated/α-hetero) is 1. The van der Waals surface area contributed by atoms with Crippen LogP contribution in [0.2, 0.25) is 5.02 Å². The number of nitrogens with one attached hydrogen (secondary N) is 1. The van der Waals surface area contributed by atoms with E-state index >= 15 is 0 Å². The minimum atomic E-state index is -0.447. The third-order valence-corrected chi connectivity index (χ3v) is 9.80. The summed E-state index contributed by atoms with van der Waals surface area (Å²) in [6.07, 6.45) is 1.21. The molecule has 1 atom stereocenters. The van der Waals surface area contributed by atoms with E-state index in [1.807, 2.05) is 54.1 Å². The number of halogens is 1. The number of ketones is 1. The molecule has 234 valence electrons. The van der Waals surface area contributed by atoms with Crippen molar-refractivity contribution in [1.82, 2.24) is 14.8 Å². The largest absolute Gasteiger partial charge is 0.490 e. The summed E-state index contributed by atoms with van der Waals surface area (Å²) in [4.78, 5) is 18.6. The molecule has 0 saturated carbocycles. The van der Waals surface area contributed by atoms with Crippen LogP contribution in [0.25, 0.3) is 0 Å². The maximum Gasteiger partial charge on any atom is 0.227 e. The Morgan fingerprint density at radius 3 is 2.53 bits per heavy atom. The zero-order valence-corrected chi connectivity index (χ0v) is 28.2. The van der Waals surface area contributed by atoms with Crippen LogP contribution in [0.1, 0.15) is 73.0 Å². The molecule has 0 radical (unpaired) electrons. The second-order valence-electron chi connectivity index (χ2n) is 12.7. The van der Waals surface area contributed by atoms with E-state index in [2.05, 4.69) is 52.1 Å². The molecule has 0 spiro atoms. The van der Waals surface area contributed by atoms with E-state index in [0.717, 1.165) is 34.4 Å². The van der Waals surface area contributed by atoms with Crippen molar-refractivity contribution in [2.24, 2.45) is 5.41 Å². The first-order chi connectivity index (χ1) is 21.5. The summed E-state index contributed by atoms with van der Waals surface area (Å²) in [6.45, 7) is 13.5. The van der Waals surface area contributed by atoms with Crippen LogP contribution in [0.15, 0.2) is 71.0 Å². The van der Waals surface area contributed by atoms with Gasteiger partial charge in [0.05, 0.1) is 6.61 Å². The Hall–Kier alpha value is -3.75. The number of carbonyl (C=O) groups is 1. The summed E-state index contributed by atoms with van der Waals surface area (Å²) in [5, 5.41) is 9.72. The van der Waals surface area contributed by atoms with E-state index in [1.165, 1.54) is 28.5 Å². The van der Waals surface area contributed by atoms with Crippen molar-refractivity contribution in [3.63, 3.8) is 0 Å². The second-order valence-corrected chi connectivity index (χ2v) is 14.0. The molecule has 45 heavy (non-hydrogen) atoms.